The van der Waals surface area contributed by atoms with Gasteiger partial charge in [-0.2, -0.15) is 0 Å². The number of hydrogen-bond donors (Lipinski definition) is 1. The van der Waals surface area contributed by atoms with Crippen molar-refractivity contribution in [2.75, 3.05) is 18.6 Å². The van der Waals surface area contributed by atoms with E-state index in [0.717, 1.165) is 18.9 Å². The van der Waals surface area contributed by atoms with Crippen LogP contribution in [0.5, 0.6) is 0 Å². The second kappa shape index (κ2) is 6.60. The molecule has 0 aliphatic heterocycles. The van der Waals surface area contributed by atoms with Crippen LogP contribution in [0.15, 0.2) is 0 Å². The monoisotopic (exact) mass is 247 g/mol. The average molecular weight is 247 g/mol. The fraction of sp³-hybridized carbons (Fsp3) is 1.00. The van der Waals surface area contributed by atoms with Crippen molar-refractivity contribution >= 4 is 9.84 Å². The first kappa shape index (κ1) is 14.0. The minimum Gasteiger partial charge on any atom is -0.314 e. The average Bonchev–Trinajstić information content (AvgIpc) is 2.24. The smallest absolute Gasteiger partial charge is 0.147 e. The molecule has 0 aromatic rings. The standard InChI is InChI=1S/C12H25NO2S/c1-11(12-7-4-3-5-8-12)13-9-6-10-16(2,14)15/h11-13H,3-10H2,1-2H3/t11-/m1/s1. The van der Waals surface area contributed by atoms with Gasteiger partial charge in [0.15, 0.2) is 0 Å². The molecule has 0 bridgehead atoms. The number of hydrogen-bond acceptors (Lipinski definition) is 3. The van der Waals surface area contributed by atoms with Gasteiger partial charge in [0.2, 0.25) is 0 Å². The first-order chi connectivity index (χ1) is 7.49. The molecule has 4 heteroatoms. The maximum Gasteiger partial charge on any atom is 0.147 e. The summed E-state index contributed by atoms with van der Waals surface area (Å²) in [4.78, 5) is 0. The van der Waals surface area contributed by atoms with Crippen molar-refractivity contribution in [1.82, 2.24) is 5.32 Å². The van der Waals surface area contributed by atoms with E-state index in [0.29, 0.717) is 11.8 Å². The molecule has 0 aromatic carbocycles. The lowest BCUT2D eigenvalue weighted by atomic mass is 9.84. The van der Waals surface area contributed by atoms with Crippen LogP contribution in [0.3, 0.4) is 0 Å². The summed E-state index contributed by atoms with van der Waals surface area (Å²) >= 11 is 0. The Morgan fingerprint density at radius 2 is 1.88 bits per heavy atom. The second-order valence-corrected chi connectivity index (χ2v) is 7.38. The predicted octanol–water partition coefficient (Wildman–Crippen LogP) is 1.98. The molecule has 0 saturated heterocycles. The Labute approximate surface area is 99.9 Å². The number of sulfone groups is 1. The van der Waals surface area contributed by atoms with E-state index in [4.69, 9.17) is 0 Å². The SMILES string of the molecule is C[C@@H](NCCCS(C)(=O)=O)C1CCCCC1. The van der Waals surface area contributed by atoms with Crippen LogP contribution in [-0.2, 0) is 9.84 Å². The van der Waals surface area contributed by atoms with Gasteiger partial charge in [-0.3, -0.25) is 0 Å². The molecule has 1 fully saturated rings. The highest BCUT2D eigenvalue weighted by Crippen LogP contribution is 2.26. The minimum absolute atomic E-state index is 0.303. The molecule has 0 aromatic heterocycles. The summed E-state index contributed by atoms with van der Waals surface area (Å²) in [5.74, 6) is 1.10. The summed E-state index contributed by atoms with van der Waals surface area (Å²) in [7, 11) is -2.79. The molecule has 1 saturated carbocycles. The van der Waals surface area contributed by atoms with Gasteiger partial charge in [-0.1, -0.05) is 19.3 Å². The van der Waals surface area contributed by atoms with E-state index in [2.05, 4.69) is 12.2 Å². The highest BCUT2D eigenvalue weighted by Gasteiger charge is 2.19. The Balaban J connectivity index is 2.12. The van der Waals surface area contributed by atoms with Crippen LogP contribution in [0.2, 0.25) is 0 Å². The van der Waals surface area contributed by atoms with Crippen LogP contribution in [-0.4, -0.2) is 33.0 Å². The molecule has 0 spiro atoms. The molecule has 1 aliphatic rings. The van der Waals surface area contributed by atoms with E-state index in [-0.39, 0.29) is 0 Å². The maximum atomic E-state index is 10.9. The Morgan fingerprint density at radius 3 is 2.44 bits per heavy atom. The van der Waals surface area contributed by atoms with Crippen LogP contribution >= 0.6 is 0 Å². The van der Waals surface area contributed by atoms with Gasteiger partial charge < -0.3 is 5.32 Å². The third-order valence-electron chi connectivity index (χ3n) is 3.52. The predicted molar refractivity (Wildman–Crippen MR) is 68.4 cm³/mol. The Kier molecular flexibility index (Phi) is 5.76. The molecule has 1 atom stereocenters. The largest absolute Gasteiger partial charge is 0.314 e. The van der Waals surface area contributed by atoms with Crippen molar-refractivity contribution in [1.29, 1.82) is 0 Å². The second-order valence-electron chi connectivity index (χ2n) is 5.12. The summed E-state index contributed by atoms with van der Waals surface area (Å²) in [6, 6.07) is 0.542. The Morgan fingerprint density at radius 1 is 1.25 bits per heavy atom. The van der Waals surface area contributed by atoms with Gasteiger partial charge >= 0.3 is 0 Å². The molecule has 0 radical (unpaired) electrons. The van der Waals surface area contributed by atoms with Gasteiger partial charge in [0.05, 0.1) is 5.75 Å². The van der Waals surface area contributed by atoms with Crippen LogP contribution in [0.4, 0.5) is 0 Å². The highest BCUT2D eigenvalue weighted by molar-refractivity contribution is 7.90. The normalized spacial score (nSPS) is 20.9. The number of nitrogens with one attached hydrogen (secondary N) is 1. The first-order valence-corrected chi connectivity index (χ1v) is 8.46. The fourth-order valence-electron chi connectivity index (χ4n) is 2.46. The first-order valence-electron chi connectivity index (χ1n) is 6.40. The van der Waals surface area contributed by atoms with Crippen molar-refractivity contribution in [2.45, 2.75) is 51.5 Å². The summed E-state index contributed by atoms with van der Waals surface area (Å²) in [6.45, 7) is 3.06. The molecule has 3 nitrogen and oxygen atoms in total. The van der Waals surface area contributed by atoms with E-state index in [9.17, 15) is 8.42 Å². The zero-order chi connectivity index (χ0) is 12.0. The van der Waals surface area contributed by atoms with Crippen molar-refractivity contribution in [3.63, 3.8) is 0 Å². The lowest BCUT2D eigenvalue weighted by molar-refractivity contribution is 0.282. The zero-order valence-electron chi connectivity index (χ0n) is 10.5. The van der Waals surface area contributed by atoms with E-state index in [1.54, 1.807) is 0 Å². The molecular formula is C12H25NO2S. The molecule has 1 aliphatic carbocycles. The summed E-state index contributed by atoms with van der Waals surface area (Å²) < 4.78 is 21.9. The third kappa shape index (κ3) is 5.85. The van der Waals surface area contributed by atoms with Crippen molar-refractivity contribution in [2.24, 2.45) is 5.92 Å². The third-order valence-corrected chi connectivity index (χ3v) is 4.55. The van der Waals surface area contributed by atoms with E-state index < -0.39 is 9.84 Å². The molecule has 0 unspecified atom stereocenters. The quantitative estimate of drug-likeness (QED) is 0.730. The molecule has 1 N–H and O–H groups in total. The van der Waals surface area contributed by atoms with Crippen LogP contribution < -0.4 is 5.32 Å². The van der Waals surface area contributed by atoms with Crippen LogP contribution in [0.25, 0.3) is 0 Å². The lowest BCUT2D eigenvalue weighted by Crippen LogP contribution is -2.35. The van der Waals surface area contributed by atoms with Crippen molar-refractivity contribution in [3.8, 4) is 0 Å². The molecular weight excluding hydrogens is 222 g/mol. The van der Waals surface area contributed by atoms with E-state index in [1.807, 2.05) is 0 Å². The van der Waals surface area contributed by atoms with Crippen LogP contribution in [0, 0.1) is 5.92 Å². The van der Waals surface area contributed by atoms with Crippen molar-refractivity contribution in [3.05, 3.63) is 0 Å². The molecule has 0 amide bonds. The molecule has 16 heavy (non-hydrogen) atoms. The van der Waals surface area contributed by atoms with Gasteiger partial charge in [0.1, 0.15) is 9.84 Å². The molecule has 96 valence electrons. The van der Waals surface area contributed by atoms with E-state index >= 15 is 0 Å². The highest BCUT2D eigenvalue weighted by atomic mass is 32.2. The topological polar surface area (TPSA) is 46.2 Å². The summed E-state index contributed by atoms with van der Waals surface area (Å²) in [5.41, 5.74) is 0. The zero-order valence-corrected chi connectivity index (χ0v) is 11.4. The van der Waals surface area contributed by atoms with Gasteiger partial charge in [-0.15, -0.1) is 0 Å². The van der Waals surface area contributed by atoms with Crippen LogP contribution in [0.1, 0.15) is 45.4 Å². The maximum absolute atomic E-state index is 10.9. The summed E-state index contributed by atoms with van der Waals surface area (Å²) in [6.07, 6.45) is 8.81. The van der Waals surface area contributed by atoms with Gasteiger partial charge in [-0.25, -0.2) is 8.42 Å². The molecule has 1 rings (SSSR count). The van der Waals surface area contributed by atoms with Gasteiger partial charge in [0.25, 0.3) is 0 Å². The minimum atomic E-state index is -2.79. The summed E-state index contributed by atoms with van der Waals surface area (Å²) in [5, 5.41) is 3.46. The van der Waals surface area contributed by atoms with E-state index in [1.165, 1.54) is 38.4 Å². The van der Waals surface area contributed by atoms with Crippen molar-refractivity contribution < 1.29 is 8.42 Å². The number of rotatable bonds is 6. The van der Waals surface area contributed by atoms with Gasteiger partial charge in [0, 0.05) is 12.3 Å². The Bertz CT molecular complexity index is 281. The fourth-order valence-corrected chi connectivity index (χ4v) is 3.13. The molecule has 0 heterocycles. The Hall–Kier alpha value is -0.0900. The van der Waals surface area contributed by atoms with Gasteiger partial charge in [-0.05, 0) is 38.6 Å². The lowest BCUT2D eigenvalue weighted by Gasteiger charge is -2.28.